The van der Waals surface area contributed by atoms with Gasteiger partial charge in [0.25, 0.3) is 0 Å². The van der Waals surface area contributed by atoms with Crippen LogP contribution in [0.4, 0.5) is 0 Å². The maximum absolute atomic E-state index is 10.0. The number of carbonyl (C=O) groups excluding carboxylic acids is 3. The van der Waals surface area contributed by atoms with Crippen LogP contribution < -0.4 is 0 Å². The van der Waals surface area contributed by atoms with Gasteiger partial charge in [0.15, 0.2) is 5.78 Å². The van der Waals surface area contributed by atoms with E-state index in [0.717, 1.165) is 71.5 Å². The molecule has 12 rings (SSSR count). The van der Waals surface area contributed by atoms with Gasteiger partial charge in [-0.2, -0.15) is 0 Å². The molecule has 2 aromatic heterocycles. The van der Waals surface area contributed by atoms with Crippen LogP contribution in [0, 0.1) is 19.9 Å². The van der Waals surface area contributed by atoms with Crippen molar-refractivity contribution in [1.82, 2.24) is 19.9 Å². The SMILES string of the molecule is CC(=O)C=C(C)O.CC(=O)CC(C)=O.Cc1cnc2c3[c-]c(-c4ccccc4)ccc3c3ccc(-c4ccccc4)cc3c2n1.Cc1cnc2c3cc(-c4ccccc4)ccc3c3ccc(-c4ccccc4)cc3c2n1.[Ir]. The molecule has 0 fully saturated rings. The zero-order valence-corrected chi connectivity index (χ0v) is 46.0. The zero-order chi connectivity index (χ0) is 53.3. The normalized spacial score (nSPS) is 11.0. The van der Waals surface area contributed by atoms with Crippen molar-refractivity contribution in [3.63, 3.8) is 0 Å². The second-order valence-electron chi connectivity index (χ2n) is 18.8. The fourth-order valence-electron chi connectivity index (χ4n) is 9.40. The van der Waals surface area contributed by atoms with Crippen molar-refractivity contribution in [3.8, 4) is 44.5 Å². The van der Waals surface area contributed by atoms with Gasteiger partial charge in [-0.15, -0.1) is 23.8 Å². The van der Waals surface area contributed by atoms with Crippen molar-refractivity contribution >= 4 is 82.5 Å². The van der Waals surface area contributed by atoms with Gasteiger partial charge in [0.2, 0.25) is 0 Å². The van der Waals surface area contributed by atoms with Crippen LogP contribution in [0.1, 0.15) is 45.5 Å². The second-order valence-corrected chi connectivity index (χ2v) is 18.8. The molecule has 0 spiro atoms. The van der Waals surface area contributed by atoms with E-state index in [0.29, 0.717) is 0 Å². The number of benzene rings is 10. The standard InChI is InChI=1S/C29H20N2.C29H19N2.2C5H8O2.Ir/c2*1-19-18-30-28-26-16-22(20-8-4-2-5-9-20)12-14-24(26)25-15-13-23(17-27(25)29(28)31-19)21-10-6-3-7-11-21;2*1-4(6)3-5(2)7;/h2-18H,1H3;2-15,17-18H,1H3;3H2,1-2H3;3,6H,1-2H3;/q;-1;;;. The summed E-state index contributed by atoms with van der Waals surface area (Å²) in [5.41, 5.74) is 15.0. The predicted molar refractivity (Wildman–Crippen MR) is 312 cm³/mol. The van der Waals surface area contributed by atoms with E-state index in [1.54, 1.807) is 0 Å². The van der Waals surface area contributed by atoms with Crippen molar-refractivity contribution in [2.45, 2.75) is 48.0 Å². The summed E-state index contributed by atoms with van der Waals surface area (Å²) < 4.78 is 0. The Kier molecular flexibility index (Phi) is 17.4. The quantitative estimate of drug-likeness (QED) is 0.0550. The van der Waals surface area contributed by atoms with Crippen LogP contribution >= 0.6 is 0 Å². The second kappa shape index (κ2) is 24.6. The third kappa shape index (κ3) is 12.8. The van der Waals surface area contributed by atoms with Crippen molar-refractivity contribution in [2.24, 2.45) is 0 Å². The van der Waals surface area contributed by atoms with Crippen molar-refractivity contribution < 1.29 is 39.6 Å². The topological polar surface area (TPSA) is 123 Å². The van der Waals surface area contributed by atoms with Gasteiger partial charge < -0.3 is 5.11 Å². The number of rotatable bonds is 7. The maximum atomic E-state index is 10.0. The van der Waals surface area contributed by atoms with E-state index in [9.17, 15) is 14.4 Å². The molecule has 8 nitrogen and oxygen atoms in total. The molecule has 0 aliphatic heterocycles. The molecule has 2 heterocycles. The molecule has 0 unspecified atom stereocenters. The number of aromatic nitrogens is 4. The van der Waals surface area contributed by atoms with Crippen LogP contribution in [0.5, 0.6) is 0 Å². The number of Topliss-reactive ketones (excluding diaryl/α,β-unsaturated/α-hetero) is 2. The van der Waals surface area contributed by atoms with Crippen molar-refractivity contribution in [2.75, 3.05) is 0 Å². The average Bonchev–Trinajstić information content (AvgIpc) is 3.53. The third-order valence-corrected chi connectivity index (χ3v) is 12.7. The van der Waals surface area contributed by atoms with Crippen molar-refractivity contribution in [3.05, 3.63) is 230 Å². The number of carbonyl (C=O) groups is 3. The van der Waals surface area contributed by atoms with Crippen LogP contribution in [0.3, 0.4) is 0 Å². The van der Waals surface area contributed by atoms with Crippen LogP contribution in [-0.4, -0.2) is 42.4 Å². The predicted octanol–water partition coefficient (Wildman–Crippen LogP) is 16.5. The van der Waals surface area contributed by atoms with Gasteiger partial charge in [-0.05, 0) is 115 Å². The van der Waals surface area contributed by atoms with Gasteiger partial charge >= 0.3 is 0 Å². The molecular formula is C68H55IrN4O4-. The van der Waals surface area contributed by atoms with Gasteiger partial charge in [0, 0.05) is 54.9 Å². The minimum absolute atomic E-state index is 0. The Morgan fingerprint density at radius 2 is 0.792 bits per heavy atom. The van der Waals surface area contributed by atoms with E-state index in [-0.39, 0.29) is 49.6 Å². The van der Waals surface area contributed by atoms with Gasteiger partial charge in [-0.25, -0.2) is 4.98 Å². The first-order chi connectivity index (χ1) is 36.8. The van der Waals surface area contributed by atoms with Crippen LogP contribution in [0.25, 0.3) is 110 Å². The van der Waals surface area contributed by atoms with Crippen molar-refractivity contribution in [1.29, 1.82) is 0 Å². The molecule has 0 aliphatic rings. The molecular weight excluding hydrogens is 1130 g/mol. The molecule has 1 N–H and O–H groups in total. The maximum Gasteiger partial charge on any atom is 0.155 e. The van der Waals surface area contributed by atoms with E-state index >= 15 is 0 Å². The summed E-state index contributed by atoms with van der Waals surface area (Å²) in [6.07, 6.45) is 4.96. The number of aliphatic hydroxyl groups is 1. The summed E-state index contributed by atoms with van der Waals surface area (Å²) in [6, 6.07) is 69.8. The van der Waals surface area contributed by atoms with Crippen LogP contribution in [0.15, 0.2) is 212 Å². The minimum Gasteiger partial charge on any atom is -0.512 e. The number of hydrogen-bond donors (Lipinski definition) is 1. The molecule has 0 saturated carbocycles. The molecule has 0 aliphatic carbocycles. The molecule has 77 heavy (non-hydrogen) atoms. The van der Waals surface area contributed by atoms with Gasteiger partial charge in [-0.3, -0.25) is 29.3 Å². The first-order valence-corrected chi connectivity index (χ1v) is 25.1. The molecule has 0 saturated heterocycles. The minimum atomic E-state index is -0.125. The molecule has 10 aromatic carbocycles. The molecule has 12 aromatic rings. The third-order valence-electron chi connectivity index (χ3n) is 12.7. The molecule has 0 atom stereocenters. The Hall–Kier alpha value is -8.88. The molecule has 9 heteroatoms. The Morgan fingerprint density at radius 1 is 0.429 bits per heavy atom. The smallest absolute Gasteiger partial charge is 0.155 e. The van der Waals surface area contributed by atoms with Gasteiger partial charge in [0.05, 0.1) is 40.1 Å². The van der Waals surface area contributed by atoms with E-state index in [1.807, 2.05) is 50.5 Å². The molecule has 0 bridgehead atoms. The Morgan fingerprint density at radius 3 is 1.17 bits per heavy atom. The molecule has 381 valence electrons. The molecule has 0 amide bonds. The number of aryl methyl sites for hydroxylation is 2. The molecule has 1 radical (unpaired) electrons. The Balaban J connectivity index is 0.000000162. The van der Waals surface area contributed by atoms with E-state index in [4.69, 9.17) is 25.0 Å². The summed E-state index contributed by atoms with van der Waals surface area (Å²) in [6.45, 7) is 9.65. The Labute approximate surface area is 461 Å². The fraction of sp³-hybridized carbons (Fsp3) is 0.103. The van der Waals surface area contributed by atoms with Gasteiger partial charge in [-0.1, -0.05) is 174 Å². The summed E-state index contributed by atoms with van der Waals surface area (Å²) >= 11 is 0. The number of fused-ring (bicyclic) bond motifs is 12. The van der Waals surface area contributed by atoms with Gasteiger partial charge in [0.1, 0.15) is 11.6 Å². The fourth-order valence-corrected chi connectivity index (χ4v) is 9.40. The van der Waals surface area contributed by atoms with Crippen LogP contribution in [-0.2, 0) is 34.5 Å². The summed E-state index contributed by atoms with van der Waals surface area (Å²) in [7, 11) is 0. The summed E-state index contributed by atoms with van der Waals surface area (Å²) in [5.74, 6) is -0.187. The zero-order valence-electron chi connectivity index (χ0n) is 43.6. The van der Waals surface area contributed by atoms with E-state index in [2.05, 4.69) is 170 Å². The first-order valence-electron chi connectivity index (χ1n) is 25.1. The monoisotopic (exact) mass is 1180 g/mol. The summed E-state index contributed by atoms with van der Waals surface area (Å²) in [4.78, 5) is 49.6. The van der Waals surface area contributed by atoms with E-state index in [1.165, 1.54) is 83.3 Å². The van der Waals surface area contributed by atoms with Crippen LogP contribution in [0.2, 0.25) is 0 Å². The number of aliphatic hydroxyl groups excluding tert-OH is 1. The number of nitrogens with zero attached hydrogens (tertiary/aromatic N) is 4. The number of ketones is 3. The Bertz CT molecular complexity index is 3890. The number of allylic oxidation sites excluding steroid dienone is 2. The summed E-state index contributed by atoms with van der Waals surface area (Å²) in [5, 5.41) is 17.5. The number of hydrogen-bond acceptors (Lipinski definition) is 8. The first kappa shape index (κ1) is 54.4. The van der Waals surface area contributed by atoms with E-state index < -0.39 is 0 Å². The largest absolute Gasteiger partial charge is 0.512 e. The average molecular weight is 1180 g/mol.